The van der Waals surface area contributed by atoms with Crippen LogP contribution >= 0.6 is 11.3 Å². The van der Waals surface area contributed by atoms with Gasteiger partial charge in [0.25, 0.3) is 0 Å². The number of sulfone groups is 1. The summed E-state index contributed by atoms with van der Waals surface area (Å²) in [5, 5.41) is 3.25. The molecule has 2 aromatic carbocycles. The predicted molar refractivity (Wildman–Crippen MR) is 131 cm³/mol. The number of rotatable bonds is 8. The number of carbonyl (C=O) groups is 2. The lowest BCUT2D eigenvalue weighted by Crippen LogP contribution is -2.42. The molecule has 33 heavy (non-hydrogen) atoms. The SMILES string of the molecule is Cc1cc2nc(C(C(=O)NCC(=O)NC3CC3)S(=O)(=O)C(C)C)sc2cc1-c1ccccc1. The van der Waals surface area contributed by atoms with Crippen LogP contribution in [-0.2, 0) is 19.4 Å². The zero-order valence-electron chi connectivity index (χ0n) is 18.8. The molecule has 0 aliphatic heterocycles. The number of carbonyl (C=O) groups excluding carboxylic acids is 2. The summed E-state index contributed by atoms with van der Waals surface area (Å²) < 4.78 is 27.1. The summed E-state index contributed by atoms with van der Waals surface area (Å²) in [6.07, 6.45) is 1.86. The van der Waals surface area contributed by atoms with Crippen LogP contribution in [0.3, 0.4) is 0 Å². The van der Waals surface area contributed by atoms with Gasteiger partial charge in [-0.15, -0.1) is 11.3 Å². The minimum Gasteiger partial charge on any atom is -0.352 e. The van der Waals surface area contributed by atoms with Crippen molar-refractivity contribution in [2.45, 2.75) is 50.2 Å². The molecular formula is C24H27N3O4S2. The largest absolute Gasteiger partial charge is 0.352 e. The van der Waals surface area contributed by atoms with Crippen molar-refractivity contribution in [3.05, 3.63) is 53.0 Å². The van der Waals surface area contributed by atoms with E-state index in [0.717, 1.165) is 34.2 Å². The molecule has 2 amide bonds. The molecule has 1 unspecified atom stereocenters. The second-order valence-electron chi connectivity index (χ2n) is 8.63. The summed E-state index contributed by atoms with van der Waals surface area (Å²) in [5.41, 5.74) is 3.74. The molecular weight excluding hydrogens is 458 g/mol. The van der Waals surface area contributed by atoms with Crippen molar-refractivity contribution in [2.24, 2.45) is 0 Å². The summed E-state index contributed by atoms with van der Waals surface area (Å²) in [7, 11) is -3.87. The van der Waals surface area contributed by atoms with Crippen molar-refractivity contribution >= 4 is 43.2 Å². The highest BCUT2D eigenvalue weighted by atomic mass is 32.2. The van der Waals surface area contributed by atoms with Crippen LogP contribution in [0.2, 0.25) is 0 Å². The summed E-state index contributed by atoms with van der Waals surface area (Å²) >= 11 is 1.20. The van der Waals surface area contributed by atoms with Crippen molar-refractivity contribution in [3.63, 3.8) is 0 Å². The van der Waals surface area contributed by atoms with Gasteiger partial charge in [-0.05, 0) is 62.4 Å². The number of nitrogens with zero attached hydrogens (tertiary/aromatic N) is 1. The third kappa shape index (κ3) is 5.09. The quantitative estimate of drug-likeness (QED) is 0.508. The molecule has 0 saturated heterocycles. The van der Waals surface area contributed by atoms with Gasteiger partial charge in [0.1, 0.15) is 5.01 Å². The van der Waals surface area contributed by atoms with Crippen LogP contribution in [0, 0.1) is 6.92 Å². The van der Waals surface area contributed by atoms with E-state index in [1.165, 1.54) is 11.3 Å². The number of aryl methyl sites for hydroxylation is 1. The Morgan fingerprint density at radius 1 is 1.15 bits per heavy atom. The highest BCUT2D eigenvalue weighted by Gasteiger charge is 2.39. The van der Waals surface area contributed by atoms with Crippen LogP contribution in [0.15, 0.2) is 42.5 Å². The molecule has 0 radical (unpaired) electrons. The Bertz CT molecular complexity index is 1300. The molecule has 1 aliphatic rings. The third-order valence-electron chi connectivity index (χ3n) is 5.65. The van der Waals surface area contributed by atoms with E-state index in [-0.39, 0.29) is 23.5 Å². The van der Waals surface area contributed by atoms with E-state index >= 15 is 0 Å². The molecule has 1 atom stereocenters. The standard InChI is InChI=1S/C24H27N3O4S2/c1-14(2)33(30,31)22(23(29)25-13-21(28)26-17-9-10-17)24-27-19-11-15(3)18(12-20(19)32-24)16-7-5-4-6-8-16/h4-8,11-12,14,17,22H,9-10,13H2,1-3H3,(H,25,29)(H,26,28). The maximum Gasteiger partial charge on any atom is 0.245 e. The van der Waals surface area contributed by atoms with Gasteiger partial charge in [0.2, 0.25) is 11.8 Å². The number of aromatic nitrogens is 1. The molecule has 1 aliphatic carbocycles. The van der Waals surface area contributed by atoms with Gasteiger partial charge in [-0.25, -0.2) is 13.4 Å². The van der Waals surface area contributed by atoms with Gasteiger partial charge in [0, 0.05) is 6.04 Å². The molecule has 9 heteroatoms. The minimum atomic E-state index is -3.87. The van der Waals surface area contributed by atoms with Crippen LogP contribution in [0.1, 0.15) is 42.5 Å². The van der Waals surface area contributed by atoms with Crippen molar-refractivity contribution in [1.82, 2.24) is 15.6 Å². The summed E-state index contributed by atoms with van der Waals surface area (Å²) in [6.45, 7) is 4.80. The molecule has 1 fully saturated rings. The van der Waals surface area contributed by atoms with Gasteiger partial charge in [-0.3, -0.25) is 9.59 Å². The van der Waals surface area contributed by atoms with Crippen LogP contribution in [0.4, 0.5) is 0 Å². The van der Waals surface area contributed by atoms with Crippen LogP contribution in [-0.4, -0.2) is 43.1 Å². The van der Waals surface area contributed by atoms with E-state index in [9.17, 15) is 18.0 Å². The lowest BCUT2D eigenvalue weighted by molar-refractivity contribution is -0.126. The number of fused-ring (bicyclic) bond motifs is 1. The summed E-state index contributed by atoms with van der Waals surface area (Å²) in [5.74, 6) is -1.05. The van der Waals surface area contributed by atoms with Crippen LogP contribution in [0.5, 0.6) is 0 Å². The van der Waals surface area contributed by atoms with Gasteiger partial charge in [-0.2, -0.15) is 0 Å². The fourth-order valence-corrected chi connectivity index (χ4v) is 6.35. The monoisotopic (exact) mass is 485 g/mol. The Morgan fingerprint density at radius 3 is 2.48 bits per heavy atom. The molecule has 3 aromatic rings. The second-order valence-corrected chi connectivity index (χ2v) is 12.3. The van der Waals surface area contributed by atoms with E-state index in [0.29, 0.717) is 5.52 Å². The second kappa shape index (κ2) is 9.23. The minimum absolute atomic E-state index is 0.163. The first kappa shape index (κ1) is 23.4. The number of benzene rings is 2. The van der Waals surface area contributed by atoms with Crippen molar-refractivity contribution < 1.29 is 18.0 Å². The Morgan fingerprint density at radius 2 is 1.85 bits per heavy atom. The topological polar surface area (TPSA) is 105 Å². The Hall–Kier alpha value is -2.78. The van der Waals surface area contributed by atoms with E-state index in [1.807, 2.05) is 49.4 Å². The van der Waals surface area contributed by atoms with Gasteiger partial charge < -0.3 is 10.6 Å². The molecule has 0 spiro atoms. The van der Waals surface area contributed by atoms with Gasteiger partial charge in [0.15, 0.2) is 15.1 Å². The molecule has 1 saturated carbocycles. The van der Waals surface area contributed by atoms with Gasteiger partial charge in [-0.1, -0.05) is 30.3 Å². The van der Waals surface area contributed by atoms with Crippen molar-refractivity contribution in [2.75, 3.05) is 6.54 Å². The Balaban J connectivity index is 1.68. The van der Waals surface area contributed by atoms with Crippen LogP contribution < -0.4 is 10.6 Å². The number of nitrogens with one attached hydrogen (secondary N) is 2. The van der Waals surface area contributed by atoms with Gasteiger partial charge in [0.05, 0.1) is 22.0 Å². The molecule has 7 nitrogen and oxygen atoms in total. The average molecular weight is 486 g/mol. The van der Waals surface area contributed by atoms with Crippen molar-refractivity contribution in [3.8, 4) is 11.1 Å². The normalized spacial score (nSPS) is 14.9. The summed E-state index contributed by atoms with van der Waals surface area (Å²) in [4.78, 5) is 29.6. The van der Waals surface area contributed by atoms with E-state index in [4.69, 9.17) is 0 Å². The zero-order chi connectivity index (χ0) is 23.8. The average Bonchev–Trinajstić information content (AvgIpc) is 3.49. The molecule has 4 rings (SSSR count). The highest BCUT2D eigenvalue weighted by molar-refractivity contribution is 7.93. The van der Waals surface area contributed by atoms with E-state index < -0.39 is 26.2 Å². The number of hydrogen-bond donors (Lipinski definition) is 2. The van der Waals surface area contributed by atoms with Crippen molar-refractivity contribution in [1.29, 1.82) is 0 Å². The third-order valence-corrected chi connectivity index (χ3v) is 9.29. The lowest BCUT2D eigenvalue weighted by Gasteiger charge is -2.17. The van der Waals surface area contributed by atoms with E-state index in [1.54, 1.807) is 13.8 Å². The fraction of sp³-hybridized carbons (Fsp3) is 0.375. The first-order chi connectivity index (χ1) is 15.7. The molecule has 1 aromatic heterocycles. The zero-order valence-corrected chi connectivity index (χ0v) is 20.4. The molecule has 0 bridgehead atoms. The predicted octanol–water partition coefficient (Wildman–Crippen LogP) is 3.53. The smallest absolute Gasteiger partial charge is 0.245 e. The molecule has 174 valence electrons. The first-order valence-electron chi connectivity index (χ1n) is 10.9. The van der Waals surface area contributed by atoms with E-state index in [2.05, 4.69) is 15.6 Å². The molecule has 1 heterocycles. The Kier molecular flexibility index (Phi) is 6.54. The molecule has 2 N–H and O–H groups in total. The summed E-state index contributed by atoms with van der Waals surface area (Å²) in [6, 6.07) is 14.0. The first-order valence-corrected chi connectivity index (χ1v) is 13.4. The number of amides is 2. The fourth-order valence-electron chi connectivity index (χ4n) is 3.58. The Labute approximate surface area is 197 Å². The number of hydrogen-bond acceptors (Lipinski definition) is 6. The number of thiazole rings is 1. The maximum absolute atomic E-state index is 13.1. The maximum atomic E-state index is 13.1. The lowest BCUT2D eigenvalue weighted by atomic mass is 10.0. The van der Waals surface area contributed by atoms with Gasteiger partial charge >= 0.3 is 0 Å². The van der Waals surface area contributed by atoms with Crippen LogP contribution in [0.25, 0.3) is 21.3 Å². The highest BCUT2D eigenvalue weighted by Crippen LogP contribution is 2.36.